The summed E-state index contributed by atoms with van der Waals surface area (Å²) in [4.78, 5) is 0. The van der Waals surface area contributed by atoms with E-state index in [4.69, 9.17) is 18.6 Å². The maximum absolute atomic E-state index is 10.9. The fraction of sp³-hybridized carbons (Fsp3) is 0.111. The fourth-order valence-electron chi connectivity index (χ4n) is 4.19. The smallest absolute Gasteiger partial charge is 0.125 e. The Labute approximate surface area is 202 Å². The molecule has 4 aromatic rings. The van der Waals surface area contributed by atoms with Gasteiger partial charge in [0, 0.05) is 5.56 Å². The van der Waals surface area contributed by atoms with Crippen molar-refractivity contribution >= 4 is 23.2 Å². The molecule has 0 atom stereocenters. The molecule has 0 aromatic heterocycles. The van der Waals surface area contributed by atoms with Crippen molar-refractivity contribution in [2.75, 3.05) is 0 Å². The molecule has 5 nitrogen and oxygen atoms in total. The number of phenolic OH excluding ortho intramolecular Hbond substituents is 1. The quantitative estimate of drug-likeness (QED) is 0.410. The number of rotatable bonds is 5. The van der Waals surface area contributed by atoms with Crippen molar-refractivity contribution < 1.29 is 34.0 Å². The lowest BCUT2D eigenvalue weighted by molar-refractivity contribution is -2.00. The van der Waals surface area contributed by atoms with Gasteiger partial charge in [-0.05, 0) is 61.9 Å². The monoisotopic (exact) mass is 496 g/mol. The van der Waals surface area contributed by atoms with Gasteiger partial charge >= 0.3 is 0 Å². The largest absolute Gasteiger partial charge is 0.507 e. The molecular formula is C27H26ClO5P. The first-order valence-electron chi connectivity index (χ1n) is 10.6. The molecule has 0 aliphatic rings. The summed E-state index contributed by atoms with van der Waals surface area (Å²) in [6, 6.07) is 36.6. The molecule has 0 heterocycles. The van der Waals surface area contributed by atoms with E-state index in [0.717, 1.165) is 17.3 Å². The van der Waals surface area contributed by atoms with Crippen LogP contribution in [0.1, 0.15) is 16.7 Å². The van der Waals surface area contributed by atoms with Crippen molar-refractivity contribution in [3.63, 3.8) is 0 Å². The Bertz CT molecular complexity index is 1090. The van der Waals surface area contributed by atoms with Crippen molar-refractivity contribution in [2.45, 2.75) is 20.0 Å². The molecule has 4 rings (SSSR count). The number of hydrogen-bond donors (Lipinski definition) is 1. The molecule has 1 N–H and O–H groups in total. The molecule has 0 fully saturated rings. The fourth-order valence-corrected chi connectivity index (χ4v) is 8.43. The van der Waals surface area contributed by atoms with E-state index in [1.165, 1.54) is 21.5 Å². The van der Waals surface area contributed by atoms with Crippen molar-refractivity contribution in [3.8, 4) is 5.75 Å². The molecular weight excluding hydrogens is 471 g/mol. The second-order valence-electron chi connectivity index (χ2n) is 7.94. The highest BCUT2D eigenvalue weighted by Gasteiger charge is 2.46. The van der Waals surface area contributed by atoms with Crippen LogP contribution in [0, 0.1) is 24.1 Å². The van der Waals surface area contributed by atoms with Crippen LogP contribution in [0.4, 0.5) is 0 Å². The average molecular weight is 497 g/mol. The van der Waals surface area contributed by atoms with E-state index >= 15 is 0 Å². The molecule has 7 heteroatoms. The van der Waals surface area contributed by atoms with Crippen LogP contribution >= 0.6 is 7.26 Å². The summed E-state index contributed by atoms with van der Waals surface area (Å²) in [7, 11) is -6.95. The van der Waals surface area contributed by atoms with Crippen molar-refractivity contribution in [1.82, 2.24) is 0 Å². The highest BCUT2D eigenvalue weighted by Crippen LogP contribution is 2.59. The van der Waals surface area contributed by atoms with E-state index in [1.807, 2.05) is 13.0 Å². The summed E-state index contributed by atoms with van der Waals surface area (Å²) in [5, 5.41) is 14.9. The second kappa shape index (κ2) is 11.1. The van der Waals surface area contributed by atoms with E-state index in [0.29, 0.717) is 5.75 Å². The zero-order valence-electron chi connectivity index (χ0n) is 18.9. The molecule has 0 unspecified atom stereocenters. The lowest BCUT2D eigenvalue weighted by Crippen LogP contribution is -2.68. The van der Waals surface area contributed by atoms with E-state index in [-0.39, 0.29) is 0 Å². The van der Waals surface area contributed by atoms with Crippen LogP contribution in [-0.2, 0) is 6.16 Å². The third-order valence-corrected chi connectivity index (χ3v) is 9.88. The Morgan fingerprint density at radius 2 is 1.00 bits per heavy atom. The minimum atomic E-state index is -4.94. The predicted molar refractivity (Wildman–Crippen MR) is 126 cm³/mol. The number of benzene rings is 4. The number of hydrogen-bond acceptors (Lipinski definition) is 5. The molecule has 34 heavy (non-hydrogen) atoms. The first kappa shape index (κ1) is 25.9. The molecule has 0 radical (unpaired) electrons. The summed E-state index contributed by atoms with van der Waals surface area (Å²) in [5.74, 6) is 0.419. The molecule has 0 spiro atoms. The van der Waals surface area contributed by atoms with Gasteiger partial charge in [-0.3, -0.25) is 0 Å². The van der Waals surface area contributed by atoms with Gasteiger partial charge in [0.25, 0.3) is 0 Å². The Morgan fingerprint density at radius 1 is 0.647 bits per heavy atom. The third-order valence-electron chi connectivity index (χ3n) is 5.52. The van der Waals surface area contributed by atoms with Gasteiger partial charge < -0.3 is 5.11 Å². The van der Waals surface area contributed by atoms with Crippen molar-refractivity contribution in [2.24, 2.45) is 0 Å². The summed E-state index contributed by atoms with van der Waals surface area (Å²) in [6.45, 7) is 4.09. The van der Waals surface area contributed by atoms with Crippen molar-refractivity contribution in [3.05, 3.63) is 120 Å². The molecule has 0 bridgehead atoms. The van der Waals surface area contributed by atoms with Gasteiger partial charge in [0.1, 0.15) is 35.1 Å². The van der Waals surface area contributed by atoms with Crippen LogP contribution in [-0.4, -0.2) is 5.11 Å². The number of halogens is 1. The number of aromatic hydroxyl groups is 1. The zero-order valence-corrected chi connectivity index (χ0v) is 20.6. The Balaban J connectivity index is 0.000000588. The standard InChI is InChI=1S/C27H25OP.ClHO4/c1-21-18-22(2)27(28)23(19-21)20-29(24-12-6-3-7-13-24,25-14-8-4-9-15-25)26-16-10-5-11-17-26;2-1(3,4)5/h3-19H,20H2,1-2H3;(H,2,3,4,5). The predicted octanol–water partition coefficient (Wildman–Crippen LogP) is 0.747. The van der Waals surface area contributed by atoms with Crippen LogP contribution in [0.2, 0.25) is 0 Å². The summed E-state index contributed by atoms with van der Waals surface area (Å²) in [5.41, 5.74) is 3.14. The first-order valence-corrected chi connectivity index (χ1v) is 13.8. The second-order valence-corrected chi connectivity index (χ2v) is 12.2. The lowest BCUT2D eigenvalue weighted by Gasteiger charge is -2.28. The van der Waals surface area contributed by atoms with Gasteiger partial charge in [0.05, 0.1) is 0 Å². The molecule has 0 saturated heterocycles. The number of phenols is 1. The Hall–Kier alpha value is -2.76. The first-order chi connectivity index (χ1) is 16.1. The highest BCUT2D eigenvalue weighted by molar-refractivity contribution is 7.95. The number of aryl methyl sites for hydroxylation is 2. The van der Waals surface area contributed by atoms with Gasteiger partial charge in [-0.1, -0.05) is 66.2 Å². The summed E-state index contributed by atoms with van der Waals surface area (Å²) in [6.07, 6.45) is 0.791. The molecule has 0 aliphatic carbocycles. The van der Waals surface area contributed by atoms with Gasteiger partial charge in [0.2, 0.25) is 0 Å². The maximum atomic E-state index is 10.9. The van der Waals surface area contributed by atoms with E-state index in [9.17, 15) is 5.11 Å². The zero-order chi connectivity index (χ0) is 24.8. The van der Waals surface area contributed by atoms with Crippen LogP contribution in [0.25, 0.3) is 0 Å². The Kier molecular flexibility index (Phi) is 8.45. The minimum Gasteiger partial charge on any atom is -0.507 e. The highest BCUT2D eigenvalue weighted by atomic mass is 35.7. The molecule has 0 amide bonds. The maximum Gasteiger partial charge on any atom is 0.125 e. The van der Waals surface area contributed by atoms with Gasteiger partial charge in [-0.2, -0.15) is 0 Å². The van der Waals surface area contributed by atoms with Gasteiger partial charge in [-0.25, -0.2) is 18.6 Å². The van der Waals surface area contributed by atoms with E-state index < -0.39 is 17.5 Å². The van der Waals surface area contributed by atoms with Crippen LogP contribution in [0.15, 0.2) is 103 Å². The molecule has 176 valence electrons. The lowest BCUT2D eigenvalue weighted by atomic mass is 10.1. The van der Waals surface area contributed by atoms with Crippen LogP contribution in [0.5, 0.6) is 5.75 Å². The van der Waals surface area contributed by atoms with Crippen LogP contribution in [0.3, 0.4) is 0 Å². The third kappa shape index (κ3) is 6.43. The Morgan fingerprint density at radius 3 is 1.35 bits per heavy atom. The average Bonchev–Trinajstić information content (AvgIpc) is 2.81. The molecule has 0 aliphatic heterocycles. The molecule has 4 aromatic carbocycles. The van der Waals surface area contributed by atoms with Gasteiger partial charge in [0.15, 0.2) is 0 Å². The van der Waals surface area contributed by atoms with Crippen molar-refractivity contribution in [1.29, 1.82) is 0 Å². The normalized spacial score (nSPS) is 11.5. The summed E-state index contributed by atoms with van der Waals surface area (Å²) < 4.78 is 34.0. The van der Waals surface area contributed by atoms with Crippen LogP contribution < -0.4 is 34.5 Å². The minimum absolute atomic E-state index is 0.419. The SMILES string of the molecule is Cc1cc(C)c(O)c(C[P+](c2ccccc2)(c2ccccc2)c2ccccc2)c1.[O-][Cl+3]([O-])([O-])[O-]. The van der Waals surface area contributed by atoms with Gasteiger partial charge in [-0.15, -0.1) is 10.2 Å². The van der Waals surface area contributed by atoms with E-state index in [2.05, 4.69) is 104 Å². The molecule has 0 saturated carbocycles. The van der Waals surface area contributed by atoms with E-state index in [1.54, 1.807) is 0 Å². The summed E-state index contributed by atoms with van der Waals surface area (Å²) >= 11 is 0. The topological polar surface area (TPSA) is 112 Å².